The molecule has 23 heavy (non-hydrogen) atoms. The number of thiocarbonyl (C=S) groups is 1. The van der Waals surface area contributed by atoms with Crippen LogP contribution in [0.25, 0.3) is 0 Å². The first kappa shape index (κ1) is 17.0. The zero-order valence-corrected chi connectivity index (χ0v) is 14.9. The van der Waals surface area contributed by atoms with Crippen molar-refractivity contribution in [2.75, 3.05) is 39.3 Å². The van der Waals surface area contributed by atoms with Crippen LogP contribution in [0.3, 0.4) is 0 Å². The molecule has 0 amide bonds. The average molecular weight is 354 g/mol. The number of hydrogen-bond acceptors (Lipinski definition) is 3. The second-order valence-corrected chi connectivity index (χ2v) is 7.03. The number of piperazine rings is 1. The van der Waals surface area contributed by atoms with Gasteiger partial charge in [0.05, 0.1) is 6.10 Å². The Labute approximate surface area is 148 Å². The summed E-state index contributed by atoms with van der Waals surface area (Å²) in [6, 6.07) is 8.11. The van der Waals surface area contributed by atoms with Crippen molar-refractivity contribution in [2.45, 2.75) is 25.5 Å². The first-order chi connectivity index (χ1) is 11.2. The fraction of sp³-hybridized carbons (Fsp3) is 0.588. The van der Waals surface area contributed by atoms with Gasteiger partial charge in [-0.3, -0.25) is 4.90 Å². The SMILES string of the molecule is S=C(NCC1CCCO1)N1CCN(Cc2ccc(Cl)cc2)CC1. The highest BCUT2D eigenvalue weighted by molar-refractivity contribution is 7.80. The highest BCUT2D eigenvalue weighted by Gasteiger charge is 2.20. The maximum absolute atomic E-state index is 5.93. The fourth-order valence-electron chi connectivity index (χ4n) is 3.08. The summed E-state index contributed by atoms with van der Waals surface area (Å²) >= 11 is 11.5. The lowest BCUT2D eigenvalue weighted by Crippen LogP contribution is -2.52. The van der Waals surface area contributed by atoms with Crippen LogP contribution < -0.4 is 5.32 Å². The molecule has 4 nitrogen and oxygen atoms in total. The van der Waals surface area contributed by atoms with Gasteiger partial charge in [-0.15, -0.1) is 0 Å². The standard InChI is InChI=1S/C17H24ClN3OS/c18-15-5-3-14(4-6-15)13-20-7-9-21(10-8-20)17(23)19-12-16-2-1-11-22-16/h3-6,16H,1-2,7-13H2,(H,19,23). The van der Waals surface area contributed by atoms with Crippen LogP contribution in [0.5, 0.6) is 0 Å². The van der Waals surface area contributed by atoms with Gasteiger partial charge in [0.1, 0.15) is 0 Å². The second kappa shape index (κ2) is 8.29. The normalized spacial score (nSPS) is 22.3. The van der Waals surface area contributed by atoms with Gasteiger partial charge in [0.2, 0.25) is 0 Å². The van der Waals surface area contributed by atoms with Crippen LogP contribution in [0.1, 0.15) is 18.4 Å². The molecule has 3 rings (SSSR count). The first-order valence-electron chi connectivity index (χ1n) is 8.32. The third-order valence-electron chi connectivity index (χ3n) is 4.48. The van der Waals surface area contributed by atoms with E-state index in [1.807, 2.05) is 12.1 Å². The minimum Gasteiger partial charge on any atom is -0.376 e. The Morgan fingerprint density at radius 1 is 1.22 bits per heavy atom. The van der Waals surface area contributed by atoms with Gasteiger partial charge >= 0.3 is 0 Å². The molecule has 0 saturated carbocycles. The number of halogens is 1. The maximum Gasteiger partial charge on any atom is 0.169 e. The topological polar surface area (TPSA) is 27.7 Å². The summed E-state index contributed by atoms with van der Waals surface area (Å²) in [6.07, 6.45) is 2.65. The van der Waals surface area contributed by atoms with Crippen LogP contribution in [-0.4, -0.2) is 60.3 Å². The monoisotopic (exact) mass is 353 g/mol. The summed E-state index contributed by atoms with van der Waals surface area (Å²) < 4.78 is 5.62. The molecule has 0 aliphatic carbocycles. The van der Waals surface area contributed by atoms with Gasteiger partial charge in [0.25, 0.3) is 0 Å². The molecule has 0 spiro atoms. The molecule has 2 aliphatic rings. The Bertz CT molecular complexity index is 511. The van der Waals surface area contributed by atoms with E-state index in [1.165, 1.54) is 12.0 Å². The summed E-state index contributed by atoms with van der Waals surface area (Å²) in [5.41, 5.74) is 1.31. The van der Waals surface area contributed by atoms with E-state index in [9.17, 15) is 0 Å². The Morgan fingerprint density at radius 3 is 2.61 bits per heavy atom. The molecule has 126 valence electrons. The Hall–Kier alpha value is -0.880. The number of hydrogen-bond donors (Lipinski definition) is 1. The zero-order chi connectivity index (χ0) is 16.1. The highest BCUT2D eigenvalue weighted by atomic mass is 35.5. The molecule has 0 bridgehead atoms. The van der Waals surface area contributed by atoms with Crippen molar-refractivity contribution in [1.29, 1.82) is 0 Å². The lowest BCUT2D eigenvalue weighted by atomic mass is 10.2. The van der Waals surface area contributed by atoms with Crippen molar-refractivity contribution in [3.8, 4) is 0 Å². The van der Waals surface area contributed by atoms with E-state index in [1.54, 1.807) is 0 Å². The molecule has 2 saturated heterocycles. The number of benzene rings is 1. The minimum atomic E-state index is 0.333. The van der Waals surface area contributed by atoms with Crippen molar-refractivity contribution in [2.24, 2.45) is 0 Å². The van der Waals surface area contributed by atoms with Crippen LogP contribution in [0.4, 0.5) is 0 Å². The van der Waals surface area contributed by atoms with Gasteiger partial charge in [-0.2, -0.15) is 0 Å². The van der Waals surface area contributed by atoms with Crippen LogP contribution in [0, 0.1) is 0 Å². The fourth-order valence-corrected chi connectivity index (χ4v) is 3.47. The number of nitrogens with zero attached hydrogens (tertiary/aromatic N) is 2. The van der Waals surface area contributed by atoms with Gasteiger partial charge in [0.15, 0.2) is 5.11 Å². The molecule has 2 aliphatic heterocycles. The number of nitrogens with one attached hydrogen (secondary N) is 1. The zero-order valence-electron chi connectivity index (χ0n) is 13.3. The van der Waals surface area contributed by atoms with Crippen molar-refractivity contribution in [3.63, 3.8) is 0 Å². The summed E-state index contributed by atoms with van der Waals surface area (Å²) in [4.78, 5) is 4.73. The lowest BCUT2D eigenvalue weighted by Gasteiger charge is -2.36. The highest BCUT2D eigenvalue weighted by Crippen LogP contribution is 2.13. The predicted molar refractivity (Wildman–Crippen MR) is 97.9 cm³/mol. The summed E-state index contributed by atoms with van der Waals surface area (Å²) in [7, 11) is 0. The Balaban J connectivity index is 1.39. The van der Waals surface area contributed by atoms with Crippen LogP contribution in [0.2, 0.25) is 5.02 Å². The van der Waals surface area contributed by atoms with E-state index < -0.39 is 0 Å². The molecule has 0 radical (unpaired) electrons. The Kier molecular flexibility index (Phi) is 6.11. The van der Waals surface area contributed by atoms with Crippen molar-refractivity contribution in [3.05, 3.63) is 34.9 Å². The molecule has 2 heterocycles. The average Bonchev–Trinajstić information content (AvgIpc) is 3.09. The molecule has 1 atom stereocenters. The number of rotatable bonds is 4. The molecular formula is C17H24ClN3OS. The minimum absolute atomic E-state index is 0.333. The largest absolute Gasteiger partial charge is 0.376 e. The van der Waals surface area contributed by atoms with Crippen LogP contribution in [0.15, 0.2) is 24.3 Å². The summed E-state index contributed by atoms with van der Waals surface area (Å²) in [5, 5.41) is 5.02. The van der Waals surface area contributed by atoms with E-state index in [0.29, 0.717) is 6.10 Å². The quantitative estimate of drug-likeness (QED) is 0.840. The van der Waals surface area contributed by atoms with Gasteiger partial charge in [-0.1, -0.05) is 23.7 Å². The van der Waals surface area contributed by atoms with Crippen molar-refractivity contribution >= 4 is 28.9 Å². The van der Waals surface area contributed by atoms with Crippen molar-refractivity contribution < 1.29 is 4.74 Å². The molecule has 6 heteroatoms. The smallest absolute Gasteiger partial charge is 0.169 e. The van der Waals surface area contributed by atoms with Gasteiger partial charge in [-0.05, 0) is 42.8 Å². The van der Waals surface area contributed by atoms with E-state index >= 15 is 0 Å². The van der Waals surface area contributed by atoms with Crippen molar-refractivity contribution in [1.82, 2.24) is 15.1 Å². The van der Waals surface area contributed by atoms with E-state index in [4.69, 9.17) is 28.6 Å². The van der Waals surface area contributed by atoms with Crippen LogP contribution in [-0.2, 0) is 11.3 Å². The molecule has 2 fully saturated rings. The molecule has 1 aromatic carbocycles. The predicted octanol–water partition coefficient (Wildman–Crippen LogP) is 2.51. The summed E-state index contributed by atoms with van der Waals surface area (Å²) in [6.45, 7) is 6.72. The first-order valence-corrected chi connectivity index (χ1v) is 9.10. The van der Waals surface area contributed by atoms with Gasteiger partial charge in [-0.25, -0.2) is 0 Å². The molecule has 1 N–H and O–H groups in total. The molecule has 0 aromatic heterocycles. The van der Waals surface area contributed by atoms with E-state index in [-0.39, 0.29) is 0 Å². The summed E-state index contributed by atoms with van der Waals surface area (Å²) in [5.74, 6) is 0. The Morgan fingerprint density at radius 2 is 1.96 bits per heavy atom. The van der Waals surface area contributed by atoms with Crippen LogP contribution >= 0.6 is 23.8 Å². The third-order valence-corrected chi connectivity index (χ3v) is 5.14. The third kappa shape index (κ3) is 5.05. The van der Waals surface area contributed by atoms with Gasteiger partial charge in [0, 0.05) is 50.9 Å². The second-order valence-electron chi connectivity index (χ2n) is 6.21. The molecule has 1 aromatic rings. The number of ether oxygens (including phenoxy) is 1. The maximum atomic E-state index is 5.93. The van der Waals surface area contributed by atoms with E-state index in [0.717, 1.165) is 62.4 Å². The van der Waals surface area contributed by atoms with E-state index in [2.05, 4.69) is 27.2 Å². The van der Waals surface area contributed by atoms with Gasteiger partial charge < -0.3 is 15.0 Å². The molecular weight excluding hydrogens is 330 g/mol. The lowest BCUT2D eigenvalue weighted by molar-refractivity contribution is 0.112. The molecule has 1 unspecified atom stereocenters.